The molecule has 1 amide bonds. The van der Waals surface area contributed by atoms with E-state index in [9.17, 15) is 18.0 Å². The molecule has 0 bridgehead atoms. The molecule has 0 fully saturated rings. The van der Waals surface area contributed by atoms with E-state index in [0.717, 1.165) is 24.2 Å². The van der Waals surface area contributed by atoms with E-state index in [0.29, 0.717) is 17.9 Å². The number of fused-ring (bicyclic) bond motifs is 1. The van der Waals surface area contributed by atoms with Crippen molar-refractivity contribution < 1.29 is 22.7 Å². The highest BCUT2D eigenvalue weighted by Crippen LogP contribution is 2.21. The number of carbonyl (C=O) groups excluding carboxylic acids is 1. The molecule has 0 radical (unpaired) electrons. The van der Waals surface area contributed by atoms with E-state index in [2.05, 4.69) is 25.6 Å². The van der Waals surface area contributed by atoms with Gasteiger partial charge in [0.2, 0.25) is 0 Å². The molecule has 3 N–H and O–H groups in total. The lowest BCUT2D eigenvalue weighted by Gasteiger charge is -2.13. The van der Waals surface area contributed by atoms with E-state index in [-0.39, 0.29) is 11.7 Å². The average molecular weight is 340 g/mol. The van der Waals surface area contributed by atoms with Crippen molar-refractivity contribution >= 4 is 11.6 Å². The van der Waals surface area contributed by atoms with Crippen molar-refractivity contribution in [3.63, 3.8) is 0 Å². The van der Waals surface area contributed by atoms with Crippen molar-refractivity contribution in [3.05, 3.63) is 41.2 Å². The number of carbonyl (C=O) groups is 1. The minimum Gasteiger partial charge on any atom is -0.484 e. The first-order valence-electron chi connectivity index (χ1n) is 7.30. The zero-order valence-corrected chi connectivity index (χ0v) is 12.5. The number of benzene rings is 1. The summed E-state index contributed by atoms with van der Waals surface area (Å²) in [5, 5.41) is 12.7. The fraction of sp³-hybridized carbons (Fsp3) is 0.333. The molecule has 0 atom stereocenters. The summed E-state index contributed by atoms with van der Waals surface area (Å²) in [6.45, 7) is 0.0412. The number of halogens is 3. The Hall–Kier alpha value is -2.55. The van der Waals surface area contributed by atoms with Crippen LogP contribution in [0.25, 0.3) is 0 Å². The fourth-order valence-electron chi connectivity index (χ4n) is 2.40. The maximum Gasteiger partial charge on any atom is 0.422 e. The molecular formula is C15H15F3N4O2. The number of H-pyrrole nitrogens is 1. The third-order valence-electron chi connectivity index (χ3n) is 3.54. The number of hydrogen-bond acceptors (Lipinski definition) is 4. The molecule has 2 heterocycles. The zero-order chi connectivity index (χ0) is 17.2. The molecule has 1 aromatic heterocycles. The molecule has 2 aromatic rings. The molecular weight excluding hydrogens is 325 g/mol. The van der Waals surface area contributed by atoms with E-state index in [1.165, 1.54) is 24.3 Å². The van der Waals surface area contributed by atoms with Crippen LogP contribution in [0.5, 0.6) is 5.75 Å². The van der Waals surface area contributed by atoms with Crippen molar-refractivity contribution in [2.24, 2.45) is 0 Å². The van der Waals surface area contributed by atoms with E-state index in [4.69, 9.17) is 0 Å². The van der Waals surface area contributed by atoms with E-state index in [1.807, 2.05) is 0 Å². The van der Waals surface area contributed by atoms with Crippen LogP contribution in [0.4, 0.5) is 18.9 Å². The second-order valence-corrected chi connectivity index (χ2v) is 5.34. The fourth-order valence-corrected chi connectivity index (χ4v) is 2.40. The monoisotopic (exact) mass is 340 g/mol. The van der Waals surface area contributed by atoms with Gasteiger partial charge in [0, 0.05) is 36.5 Å². The van der Waals surface area contributed by atoms with Crippen molar-refractivity contribution in [2.45, 2.75) is 19.1 Å². The molecule has 0 spiro atoms. The number of rotatable bonds is 4. The SMILES string of the molecule is O=C(Nc1ccc(OCC(F)(F)F)cc1)c1n[nH]c2c1CNCC2. The lowest BCUT2D eigenvalue weighted by Crippen LogP contribution is -2.25. The zero-order valence-electron chi connectivity index (χ0n) is 12.5. The Kier molecular flexibility index (Phi) is 4.43. The van der Waals surface area contributed by atoms with Crippen LogP contribution in [0.1, 0.15) is 21.7 Å². The minimum atomic E-state index is -4.39. The molecule has 0 saturated heterocycles. The normalized spacial score (nSPS) is 14.1. The summed E-state index contributed by atoms with van der Waals surface area (Å²) >= 11 is 0. The Labute approximate surface area is 135 Å². The van der Waals surface area contributed by atoms with Crippen LogP contribution in [0.2, 0.25) is 0 Å². The number of nitrogens with one attached hydrogen (secondary N) is 3. The van der Waals surface area contributed by atoms with Gasteiger partial charge in [-0.15, -0.1) is 0 Å². The average Bonchev–Trinajstić information content (AvgIpc) is 2.97. The smallest absolute Gasteiger partial charge is 0.422 e. The van der Waals surface area contributed by atoms with Gasteiger partial charge in [0.1, 0.15) is 5.75 Å². The number of amides is 1. The largest absolute Gasteiger partial charge is 0.484 e. The second kappa shape index (κ2) is 6.52. The van der Waals surface area contributed by atoms with Crippen LogP contribution >= 0.6 is 0 Å². The Balaban J connectivity index is 1.63. The van der Waals surface area contributed by atoms with Crippen molar-refractivity contribution in [1.82, 2.24) is 15.5 Å². The van der Waals surface area contributed by atoms with E-state index >= 15 is 0 Å². The molecule has 24 heavy (non-hydrogen) atoms. The van der Waals surface area contributed by atoms with Gasteiger partial charge in [-0.05, 0) is 24.3 Å². The highest BCUT2D eigenvalue weighted by molar-refractivity contribution is 6.04. The molecule has 9 heteroatoms. The molecule has 0 saturated carbocycles. The standard InChI is InChI=1S/C15H15F3N4O2/c16-15(17,18)8-24-10-3-1-9(2-4-10)20-14(23)13-11-7-19-6-5-12(11)21-22-13/h1-4,19H,5-8H2,(H,20,23)(H,21,22). The number of alkyl halides is 3. The van der Waals surface area contributed by atoms with Crippen LogP contribution < -0.4 is 15.4 Å². The minimum absolute atomic E-state index is 0.0756. The molecule has 128 valence electrons. The highest BCUT2D eigenvalue weighted by Gasteiger charge is 2.28. The summed E-state index contributed by atoms with van der Waals surface area (Å²) in [6.07, 6.45) is -3.61. The first kappa shape index (κ1) is 16.3. The van der Waals surface area contributed by atoms with Crippen LogP contribution in [-0.2, 0) is 13.0 Å². The predicted molar refractivity (Wildman–Crippen MR) is 79.9 cm³/mol. The molecule has 0 aliphatic carbocycles. The highest BCUT2D eigenvalue weighted by atomic mass is 19.4. The van der Waals surface area contributed by atoms with Crippen LogP contribution in [-0.4, -0.2) is 35.4 Å². The first-order valence-corrected chi connectivity index (χ1v) is 7.30. The predicted octanol–water partition coefficient (Wildman–Crippen LogP) is 2.25. The number of anilines is 1. The number of aromatic amines is 1. The summed E-state index contributed by atoms with van der Waals surface area (Å²) in [5.41, 5.74) is 2.54. The summed E-state index contributed by atoms with van der Waals surface area (Å²) in [5.74, 6) is -0.299. The van der Waals surface area contributed by atoms with Gasteiger partial charge in [0.25, 0.3) is 5.91 Å². The molecule has 3 rings (SSSR count). The maximum atomic E-state index is 12.3. The van der Waals surface area contributed by atoms with E-state index < -0.39 is 12.8 Å². The van der Waals surface area contributed by atoms with Crippen LogP contribution in [0, 0.1) is 0 Å². The van der Waals surface area contributed by atoms with Gasteiger partial charge in [0.05, 0.1) is 0 Å². The Morgan fingerprint density at radius 1 is 1.29 bits per heavy atom. The maximum absolute atomic E-state index is 12.3. The first-order chi connectivity index (χ1) is 11.4. The lowest BCUT2D eigenvalue weighted by atomic mass is 10.1. The van der Waals surface area contributed by atoms with Crippen molar-refractivity contribution in [3.8, 4) is 5.75 Å². The van der Waals surface area contributed by atoms with E-state index in [1.54, 1.807) is 0 Å². The third-order valence-corrected chi connectivity index (χ3v) is 3.54. The molecule has 1 aliphatic rings. The molecule has 1 aromatic carbocycles. The molecule has 0 unspecified atom stereocenters. The van der Waals surface area contributed by atoms with Gasteiger partial charge in [-0.2, -0.15) is 18.3 Å². The number of nitrogens with zero attached hydrogens (tertiary/aromatic N) is 1. The number of ether oxygens (including phenoxy) is 1. The summed E-state index contributed by atoms with van der Waals surface area (Å²) in [4.78, 5) is 12.3. The summed E-state index contributed by atoms with van der Waals surface area (Å²) in [7, 11) is 0. The third kappa shape index (κ3) is 3.85. The van der Waals surface area contributed by atoms with Crippen molar-refractivity contribution in [1.29, 1.82) is 0 Å². The Morgan fingerprint density at radius 3 is 2.75 bits per heavy atom. The molecule has 1 aliphatic heterocycles. The summed E-state index contributed by atoms with van der Waals surface area (Å²) < 4.78 is 40.9. The molecule has 6 nitrogen and oxygen atoms in total. The van der Waals surface area contributed by atoms with Gasteiger partial charge < -0.3 is 15.4 Å². The lowest BCUT2D eigenvalue weighted by molar-refractivity contribution is -0.153. The number of hydrogen-bond donors (Lipinski definition) is 3. The van der Waals surface area contributed by atoms with Crippen LogP contribution in [0.3, 0.4) is 0 Å². The van der Waals surface area contributed by atoms with Gasteiger partial charge in [-0.3, -0.25) is 9.89 Å². The van der Waals surface area contributed by atoms with Gasteiger partial charge in [-0.25, -0.2) is 0 Å². The topological polar surface area (TPSA) is 79.0 Å². The van der Waals surface area contributed by atoms with Crippen molar-refractivity contribution in [2.75, 3.05) is 18.5 Å². The van der Waals surface area contributed by atoms with Gasteiger partial charge in [-0.1, -0.05) is 0 Å². The van der Waals surface area contributed by atoms with Crippen LogP contribution in [0.15, 0.2) is 24.3 Å². The summed E-state index contributed by atoms with van der Waals surface area (Å²) in [6, 6.07) is 5.67. The van der Waals surface area contributed by atoms with Gasteiger partial charge in [0.15, 0.2) is 12.3 Å². The Morgan fingerprint density at radius 2 is 2.04 bits per heavy atom. The second-order valence-electron chi connectivity index (χ2n) is 5.34. The quantitative estimate of drug-likeness (QED) is 0.798. The number of aromatic nitrogens is 2. The van der Waals surface area contributed by atoms with Gasteiger partial charge >= 0.3 is 6.18 Å². The Bertz CT molecular complexity index is 725.